The molecule has 1 atom stereocenters. The van der Waals surface area contributed by atoms with Crippen molar-refractivity contribution in [3.05, 3.63) is 65.7 Å². The fourth-order valence-corrected chi connectivity index (χ4v) is 4.24. The van der Waals surface area contributed by atoms with Crippen molar-refractivity contribution in [2.75, 3.05) is 11.4 Å². The van der Waals surface area contributed by atoms with Gasteiger partial charge in [-0.2, -0.15) is 10.2 Å². The third-order valence-electron chi connectivity index (χ3n) is 5.74. The van der Waals surface area contributed by atoms with Gasteiger partial charge in [0, 0.05) is 12.6 Å². The Hall–Kier alpha value is -3.29. The van der Waals surface area contributed by atoms with Crippen LogP contribution in [0.15, 0.2) is 36.7 Å². The number of halogens is 2. The molecule has 2 aromatic carbocycles. The SMILES string of the molecule is Cc1cc[c]c(-n2nccn2)c1N1CCC[C@@]1(C)c1nc2c(F)c(F)ccc2[nH]1. The molecule has 1 aliphatic rings. The molecule has 6 nitrogen and oxygen atoms in total. The minimum Gasteiger partial charge on any atom is -0.357 e. The molecular weight excluding hydrogens is 374 g/mol. The zero-order valence-electron chi connectivity index (χ0n) is 16.1. The largest absolute Gasteiger partial charge is 0.357 e. The monoisotopic (exact) mass is 393 g/mol. The Kier molecular flexibility index (Phi) is 3.90. The van der Waals surface area contributed by atoms with Crippen LogP contribution in [0.2, 0.25) is 0 Å². The number of anilines is 1. The average molecular weight is 393 g/mol. The van der Waals surface area contributed by atoms with Crippen molar-refractivity contribution in [3.8, 4) is 5.69 Å². The fourth-order valence-electron chi connectivity index (χ4n) is 4.24. The van der Waals surface area contributed by atoms with Crippen molar-refractivity contribution >= 4 is 16.7 Å². The molecule has 29 heavy (non-hydrogen) atoms. The second kappa shape index (κ2) is 6.37. The minimum atomic E-state index is -0.927. The number of aryl methyl sites for hydroxylation is 1. The normalized spacial score (nSPS) is 19.4. The lowest BCUT2D eigenvalue weighted by molar-refractivity contribution is 0.464. The van der Waals surface area contributed by atoms with Crippen LogP contribution < -0.4 is 4.90 Å². The summed E-state index contributed by atoms with van der Waals surface area (Å²) in [6, 6.07) is 9.73. The molecule has 5 rings (SSSR count). The van der Waals surface area contributed by atoms with Gasteiger partial charge >= 0.3 is 0 Å². The van der Waals surface area contributed by atoms with Gasteiger partial charge in [0.1, 0.15) is 17.0 Å². The summed E-state index contributed by atoms with van der Waals surface area (Å²) >= 11 is 0. The first kappa shape index (κ1) is 17.8. The molecule has 147 valence electrons. The van der Waals surface area contributed by atoms with Gasteiger partial charge in [0.05, 0.1) is 29.1 Å². The van der Waals surface area contributed by atoms with Crippen LogP contribution >= 0.6 is 0 Å². The van der Waals surface area contributed by atoms with Crippen LogP contribution in [0.25, 0.3) is 16.7 Å². The number of H-pyrrole nitrogens is 1. The van der Waals surface area contributed by atoms with E-state index in [0.29, 0.717) is 11.3 Å². The number of nitrogens with zero attached hydrogens (tertiary/aromatic N) is 5. The maximum atomic E-state index is 14.3. The summed E-state index contributed by atoms with van der Waals surface area (Å²) in [5, 5.41) is 8.54. The van der Waals surface area contributed by atoms with Gasteiger partial charge in [-0.15, -0.1) is 4.80 Å². The van der Waals surface area contributed by atoms with Gasteiger partial charge in [-0.1, -0.05) is 12.1 Å². The fraction of sp³-hybridized carbons (Fsp3) is 0.286. The standard InChI is InChI=1S/C21H19F2N6/c1-13-5-3-6-16(29-24-10-11-25-29)19(13)28-12-4-9-21(28,2)20-26-15-8-7-14(22)17(23)18(15)27-20/h3,5,7-8,10-11H,4,9,12H2,1-2H3,(H,26,27)/t21-/m0/s1. The molecule has 0 saturated carbocycles. The Morgan fingerprint density at radius 1 is 1.17 bits per heavy atom. The lowest BCUT2D eigenvalue weighted by Crippen LogP contribution is -2.40. The third-order valence-corrected chi connectivity index (χ3v) is 5.74. The number of nitrogens with one attached hydrogen (secondary N) is 1. The van der Waals surface area contributed by atoms with E-state index in [9.17, 15) is 8.78 Å². The van der Waals surface area contributed by atoms with E-state index in [1.165, 1.54) is 6.07 Å². The summed E-state index contributed by atoms with van der Waals surface area (Å²) in [7, 11) is 0. The Bertz CT molecular complexity index is 1200. The van der Waals surface area contributed by atoms with Crippen molar-refractivity contribution in [3.63, 3.8) is 0 Å². The van der Waals surface area contributed by atoms with E-state index in [4.69, 9.17) is 0 Å². The van der Waals surface area contributed by atoms with Crippen molar-refractivity contribution in [2.24, 2.45) is 0 Å². The molecule has 4 aromatic rings. The van der Waals surface area contributed by atoms with Crippen molar-refractivity contribution in [2.45, 2.75) is 32.2 Å². The minimum absolute atomic E-state index is 0.0263. The molecule has 0 spiro atoms. The third kappa shape index (κ3) is 2.62. The highest BCUT2D eigenvalue weighted by Crippen LogP contribution is 2.44. The summed E-state index contributed by atoms with van der Waals surface area (Å²) in [5.41, 5.74) is 2.74. The number of fused-ring (bicyclic) bond motifs is 1. The molecule has 1 aliphatic heterocycles. The van der Waals surface area contributed by atoms with Crippen LogP contribution in [0.3, 0.4) is 0 Å². The Labute approximate surface area is 166 Å². The zero-order chi connectivity index (χ0) is 20.2. The molecule has 1 radical (unpaired) electrons. The van der Waals surface area contributed by atoms with Gasteiger partial charge in [0.25, 0.3) is 0 Å². The smallest absolute Gasteiger partial charge is 0.186 e. The number of benzene rings is 2. The van der Waals surface area contributed by atoms with Crippen LogP contribution in [0, 0.1) is 24.6 Å². The molecule has 0 amide bonds. The highest BCUT2D eigenvalue weighted by molar-refractivity contribution is 5.77. The Morgan fingerprint density at radius 3 is 2.76 bits per heavy atom. The number of hydrogen-bond acceptors (Lipinski definition) is 4. The molecule has 1 N–H and O–H groups in total. The predicted molar refractivity (Wildman–Crippen MR) is 105 cm³/mol. The van der Waals surface area contributed by atoms with Crippen LogP contribution in [-0.2, 0) is 5.54 Å². The average Bonchev–Trinajstić information content (AvgIpc) is 3.45. The number of imidazole rings is 1. The maximum absolute atomic E-state index is 14.3. The van der Waals surface area contributed by atoms with Crippen LogP contribution in [0.5, 0.6) is 0 Å². The van der Waals surface area contributed by atoms with Crippen LogP contribution in [-0.4, -0.2) is 31.5 Å². The van der Waals surface area contributed by atoms with Crippen LogP contribution in [0.1, 0.15) is 31.2 Å². The molecule has 1 saturated heterocycles. The maximum Gasteiger partial charge on any atom is 0.186 e. The molecule has 2 aromatic heterocycles. The topological polar surface area (TPSA) is 62.6 Å². The van der Waals surface area contributed by atoms with Gasteiger partial charge in [-0.3, -0.25) is 0 Å². The van der Waals surface area contributed by atoms with Crippen LogP contribution in [0.4, 0.5) is 14.5 Å². The molecule has 0 bridgehead atoms. The molecule has 1 fully saturated rings. The number of aromatic nitrogens is 5. The zero-order valence-corrected chi connectivity index (χ0v) is 16.1. The quantitative estimate of drug-likeness (QED) is 0.571. The second-order valence-electron chi connectivity index (χ2n) is 7.55. The van der Waals surface area contributed by atoms with Crippen molar-refractivity contribution < 1.29 is 8.78 Å². The lowest BCUT2D eigenvalue weighted by atomic mass is 9.96. The molecule has 8 heteroatoms. The highest BCUT2D eigenvalue weighted by atomic mass is 19.2. The first-order chi connectivity index (χ1) is 14.0. The first-order valence-electron chi connectivity index (χ1n) is 9.49. The van der Waals surface area contributed by atoms with Gasteiger partial charge < -0.3 is 9.88 Å². The molecular formula is C21H19F2N6. The molecule has 0 unspecified atom stereocenters. The van der Waals surface area contributed by atoms with E-state index < -0.39 is 17.2 Å². The van der Waals surface area contributed by atoms with E-state index in [1.807, 2.05) is 19.1 Å². The lowest BCUT2D eigenvalue weighted by Gasteiger charge is -2.37. The summed E-state index contributed by atoms with van der Waals surface area (Å²) in [6.07, 6.45) is 5.00. The van der Waals surface area contributed by atoms with E-state index in [1.54, 1.807) is 17.2 Å². The van der Waals surface area contributed by atoms with E-state index >= 15 is 0 Å². The highest BCUT2D eigenvalue weighted by Gasteiger charge is 2.42. The summed E-state index contributed by atoms with van der Waals surface area (Å²) in [4.78, 5) is 11.5. The summed E-state index contributed by atoms with van der Waals surface area (Å²) in [5.74, 6) is -1.22. The Morgan fingerprint density at radius 2 is 1.97 bits per heavy atom. The predicted octanol–water partition coefficient (Wildman–Crippen LogP) is 4.05. The van der Waals surface area contributed by atoms with Gasteiger partial charge in [-0.05, 0) is 44.4 Å². The molecule has 0 aliphatic carbocycles. The van der Waals surface area contributed by atoms with Gasteiger partial charge in [0.15, 0.2) is 11.6 Å². The second-order valence-corrected chi connectivity index (χ2v) is 7.55. The van der Waals surface area contributed by atoms with Crippen molar-refractivity contribution in [1.82, 2.24) is 25.0 Å². The summed E-state index contributed by atoms with van der Waals surface area (Å²) in [6.45, 7) is 4.89. The Balaban J connectivity index is 1.67. The van der Waals surface area contributed by atoms with Crippen molar-refractivity contribution in [1.29, 1.82) is 0 Å². The summed E-state index contributed by atoms with van der Waals surface area (Å²) < 4.78 is 27.9. The first-order valence-corrected chi connectivity index (χ1v) is 9.49. The van der Waals surface area contributed by atoms with E-state index in [2.05, 4.69) is 38.1 Å². The molecule has 3 heterocycles. The van der Waals surface area contributed by atoms with E-state index in [-0.39, 0.29) is 5.52 Å². The van der Waals surface area contributed by atoms with Gasteiger partial charge in [0.2, 0.25) is 0 Å². The number of hydrogen-bond donors (Lipinski definition) is 1. The number of aromatic amines is 1. The van der Waals surface area contributed by atoms with E-state index in [0.717, 1.165) is 42.4 Å². The van der Waals surface area contributed by atoms with Gasteiger partial charge in [-0.25, -0.2) is 13.8 Å². The number of rotatable bonds is 3.